The van der Waals surface area contributed by atoms with Crippen molar-refractivity contribution in [2.45, 2.75) is 20.5 Å². The molecule has 0 aliphatic carbocycles. The van der Waals surface area contributed by atoms with Crippen LogP contribution in [0.15, 0.2) is 42.5 Å². The number of aryl methyl sites for hydroxylation is 2. The van der Waals surface area contributed by atoms with Gasteiger partial charge in [0.2, 0.25) is 0 Å². The van der Waals surface area contributed by atoms with E-state index in [2.05, 4.69) is 37.4 Å². The standard InChI is InChI=1S/C18H21NO3/c1-13-3-4-14(2)16(11-13)12-22-17-7-5-15(6-8-17)18(21)19-9-10-20/h3-8,11,20H,9-10,12H2,1-2H3,(H,19,21). The lowest BCUT2D eigenvalue weighted by Crippen LogP contribution is -2.26. The Balaban J connectivity index is 1.96. The summed E-state index contributed by atoms with van der Waals surface area (Å²) >= 11 is 0. The summed E-state index contributed by atoms with van der Waals surface area (Å²) in [5, 5.41) is 11.3. The Bertz CT molecular complexity index is 635. The minimum Gasteiger partial charge on any atom is -0.489 e. The zero-order valence-electron chi connectivity index (χ0n) is 12.9. The lowest BCUT2D eigenvalue weighted by atomic mass is 10.1. The largest absolute Gasteiger partial charge is 0.489 e. The van der Waals surface area contributed by atoms with Crippen molar-refractivity contribution in [2.24, 2.45) is 0 Å². The van der Waals surface area contributed by atoms with E-state index >= 15 is 0 Å². The van der Waals surface area contributed by atoms with Gasteiger partial charge in [0, 0.05) is 12.1 Å². The van der Waals surface area contributed by atoms with Crippen molar-refractivity contribution in [3.05, 3.63) is 64.7 Å². The smallest absolute Gasteiger partial charge is 0.251 e. The molecule has 2 aromatic carbocycles. The summed E-state index contributed by atoms with van der Waals surface area (Å²) < 4.78 is 5.77. The van der Waals surface area contributed by atoms with Crippen LogP contribution in [-0.2, 0) is 6.61 Å². The topological polar surface area (TPSA) is 58.6 Å². The molecule has 0 fully saturated rings. The molecule has 2 rings (SSSR count). The van der Waals surface area contributed by atoms with E-state index in [-0.39, 0.29) is 19.1 Å². The van der Waals surface area contributed by atoms with Gasteiger partial charge in [-0.05, 0) is 49.2 Å². The molecule has 0 radical (unpaired) electrons. The molecule has 0 aliphatic rings. The molecular weight excluding hydrogens is 278 g/mol. The molecule has 0 saturated heterocycles. The highest BCUT2D eigenvalue weighted by Crippen LogP contribution is 2.17. The van der Waals surface area contributed by atoms with E-state index in [4.69, 9.17) is 9.84 Å². The first-order valence-electron chi connectivity index (χ1n) is 7.28. The minimum atomic E-state index is -0.199. The molecule has 2 N–H and O–H groups in total. The van der Waals surface area contributed by atoms with Crippen molar-refractivity contribution in [3.8, 4) is 5.75 Å². The van der Waals surface area contributed by atoms with Crippen molar-refractivity contribution in [3.63, 3.8) is 0 Å². The molecular formula is C18H21NO3. The van der Waals surface area contributed by atoms with Gasteiger partial charge in [0.15, 0.2) is 0 Å². The molecule has 4 nitrogen and oxygen atoms in total. The number of nitrogens with one attached hydrogen (secondary N) is 1. The summed E-state index contributed by atoms with van der Waals surface area (Å²) in [7, 11) is 0. The minimum absolute atomic E-state index is 0.0667. The van der Waals surface area contributed by atoms with Gasteiger partial charge in [0.05, 0.1) is 6.61 Å². The van der Waals surface area contributed by atoms with E-state index in [1.165, 1.54) is 11.1 Å². The summed E-state index contributed by atoms with van der Waals surface area (Å²) in [6.45, 7) is 4.81. The van der Waals surface area contributed by atoms with Crippen LogP contribution < -0.4 is 10.1 Å². The Kier molecular flexibility index (Phi) is 5.55. The second-order valence-electron chi connectivity index (χ2n) is 5.22. The van der Waals surface area contributed by atoms with E-state index in [9.17, 15) is 4.79 Å². The maximum absolute atomic E-state index is 11.7. The lowest BCUT2D eigenvalue weighted by molar-refractivity contribution is 0.0944. The van der Waals surface area contributed by atoms with Crippen LogP contribution in [0.25, 0.3) is 0 Å². The highest BCUT2D eigenvalue weighted by Gasteiger charge is 2.05. The number of rotatable bonds is 6. The third-order valence-corrected chi connectivity index (χ3v) is 3.41. The number of hydrogen-bond acceptors (Lipinski definition) is 3. The van der Waals surface area contributed by atoms with Crippen LogP contribution in [0.3, 0.4) is 0 Å². The first kappa shape index (κ1) is 16.0. The third-order valence-electron chi connectivity index (χ3n) is 3.41. The fourth-order valence-electron chi connectivity index (χ4n) is 2.09. The molecule has 0 aromatic heterocycles. The third kappa shape index (κ3) is 4.33. The van der Waals surface area contributed by atoms with Gasteiger partial charge in [-0.3, -0.25) is 4.79 Å². The molecule has 0 aliphatic heterocycles. The number of aliphatic hydroxyl groups is 1. The Morgan fingerprint density at radius 2 is 1.86 bits per heavy atom. The van der Waals surface area contributed by atoms with Gasteiger partial charge < -0.3 is 15.2 Å². The second kappa shape index (κ2) is 7.61. The second-order valence-corrected chi connectivity index (χ2v) is 5.22. The van der Waals surface area contributed by atoms with Gasteiger partial charge in [-0.1, -0.05) is 23.8 Å². The van der Waals surface area contributed by atoms with Crippen molar-refractivity contribution < 1.29 is 14.6 Å². The number of carbonyl (C=O) groups is 1. The summed E-state index contributed by atoms with van der Waals surface area (Å²) in [6.07, 6.45) is 0. The molecule has 22 heavy (non-hydrogen) atoms. The number of carbonyl (C=O) groups excluding carboxylic acids is 1. The summed E-state index contributed by atoms with van der Waals surface area (Å²) in [6, 6.07) is 13.3. The normalized spacial score (nSPS) is 10.3. The van der Waals surface area contributed by atoms with Crippen molar-refractivity contribution in [1.29, 1.82) is 0 Å². The fourth-order valence-corrected chi connectivity index (χ4v) is 2.09. The average molecular weight is 299 g/mol. The molecule has 0 heterocycles. The van der Waals surface area contributed by atoms with Crippen LogP contribution >= 0.6 is 0 Å². The highest BCUT2D eigenvalue weighted by atomic mass is 16.5. The van der Waals surface area contributed by atoms with Crippen LogP contribution in [0.5, 0.6) is 5.75 Å². The van der Waals surface area contributed by atoms with Crippen LogP contribution in [0.2, 0.25) is 0 Å². The maximum Gasteiger partial charge on any atom is 0.251 e. The first-order chi connectivity index (χ1) is 10.6. The summed E-state index contributed by atoms with van der Waals surface area (Å²) in [5.74, 6) is 0.523. The average Bonchev–Trinajstić information content (AvgIpc) is 2.54. The Labute approximate surface area is 130 Å². The number of hydrogen-bond donors (Lipinski definition) is 2. The molecule has 0 unspecified atom stereocenters. The predicted octanol–water partition coefficient (Wildman–Crippen LogP) is 2.60. The Morgan fingerprint density at radius 1 is 1.14 bits per heavy atom. The maximum atomic E-state index is 11.7. The van der Waals surface area contributed by atoms with Gasteiger partial charge in [-0.15, -0.1) is 0 Å². The zero-order chi connectivity index (χ0) is 15.9. The molecule has 0 saturated carbocycles. The van der Waals surface area contributed by atoms with Crippen LogP contribution in [0.1, 0.15) is 27.0 Å². The van der Waals surface area contributed by atoms with Crippen LogP contribution in [-0.4, -0.2) is 24.2 Å². The molecule has 4 heteroatoms. The molecule has 0 bridgehead atoms. The molecule has 0 atom stereocenters. The van der Waals surface area contributed by atoms with Crippen molar-refractivity contribution in [1.82, 2.24) is 5.32 Å². The van der Waals surface area contributed by atoms with Crippen molar-refractivity contribution >= 4 is 5.91 Å². The van der Waals surface area contributed by atoms with Gasteiger partial charge in [0.1, 0.15) is 12.4 Å². The van der Waals surface area contributed by atoms with Gasteiger partial charge >= 0.3 is 0 Å². The quantitative estimate of drug-likeness (QED) is 0.862. The van der Waals surface area contributed by atoms with E-state index in [1.54, 1.807) is 24.3 Å². The molecule has 2 aromatic rings. The Morgan fingerprint density at radius 3 is 2.55 bits per heavy atom. The monoisotopic (exact) mass is 299 g/mol. The van der Waals surface area contributed by atoms with Crippen LogP contribution in [0.4, 0.5) is 0 Å². The van der Waals surface area contributed by atoms with Crippen molar-refractivity contribution in [2.75, 3.05) is 13.2 Å². The first-order valence-corrected chi connectivity index (χ1v) is 7.28. The molecule has 0 spiro atoms. The lowest BCUT2D eigenvalue weighted by Gasteiger charge is -2.10. The SMILES string of the molecule is Cc1ccc(C)c(COc2ccc(C(=O)NCCO)cc2)c1. The van der Waals surface area contributed by atoms with Gasteiger partial charge in [0.25, 0.3) is 5.91 Å². The number of ether oxygens (including phenoxy) is 1. The van der Waals surface area contributed by atoms with E-state index in [1.807, 2.05) is 0 Å². The number of aliphatic hydroxyl groups excluding tert-OH is 1. The number of benzene rings is 2. The van der Waals surface area contributed by atoms with E-state index in [0.717, 1.165) is 11.3 Å². The Hall–Kier alpha value is -2.33. The van der Waals surface area contributed by atoms with Gasteiger partial charge in [-0.25, -0.2) is 0 Å². The zero-order valence-corrected chi connectivity index (χ0v) is 12.9. The molecule has 1 amide bonds. The van der Waals surface area contributed by atoms with E-state index < -0.39 is 0 Å². The number of amides is 1. The fraction of sp³-hybridized carbons (Fsp3) is 0.278. The van der Waals surface area contributed by atoms with Gasteiger partial charge in [-0.2, -0.15) is 0 Å². The highest BCUT2D eigenvalue weighted by molar-refractivity contribution is 5.94. The summed E-state index contributed by atoms with van der Waals surface area (Å²) in [4.78, 5) is 11.7. The predicted molar refractivity (Wildman–Crippen MR) is 86.1 cm³/mol. The summed E-state index contributed by atoms with van der Waals surface area (Å²) in [5.41, 5.74) is 4.11. The van der Waals surface area contributed by atoms with Crippen LogP contribution in [0, 0.1) is 13.8 Å². The molecule has 116 valence electrons. The van der Waals surface area contributed by atoms with E-state index in [0.29, 0.717) is 12.2 Å².